The zero-order chi connectivity index (χ0) is 15.7. The van der Waals surface area contributed by atoms with E-state index in [0.29, 0.717) is 12.8 Å². The van der Waals surface area contributed by atoms with Crippen LogP contribution in [0.25, 0.3) is 0 Å². The van der Waals surface area contributed by atoms with E-state index in [0.717, 1.165) is 18.4 Å². The molecule has 0 bridgehead atoms. The first-order valence-electron chi connectivity index (χ1n) is 7.53. The van der Waals surface area contributed by atoms with Gasteiger partial charge in [-0.05, 0) is 18.4 Å². The second-order valence-electron chi connectivity index (χ2n) is 5.20. The highest BCUT2D eigenvalue weighted by Crippen LogP contribution is 2.24. The first-order valence-corrected chi connectivity index (χ1v) is 7.53. The van der Waals surface area contributed by atoms with Crippen LogP contribution in [0, 0.1) is 11.8 Å². The Kier molecular flexibility index (Phi) is 7.51. The van der Waals surface area contributed by atoms with Crippen LogP contribution in [0.1, 0.15) is 45.1 Å². The number of benzene rings is 1. The van der Waals surface area contributed by atoms with Gasteiger partial charge in [0.2, 0.25) is 0 Å². The smallest absolute Gasteiger partial charge is 0.310 e. The number of carbonyl (C=O) groups excluding carboxylic acids is 1. The molecule has 0 radical (unpaired) electrons. The molecule has 0 saturated heterocycles. The predicted molar refractivity (Wildman–Crippen MR) is 80.7 cm³/mol. The van der Waals surface area contributed by atoms with Crippen LogP contribution in [0.3, 0.4) is 0 Å². The van der Waals surface area contributed by atoms with Crippen LogP contribution < -0.4 is 0 Å². The summed E-state index contributed by atoms with van der Waals surface area (Å²) in [7, 11) is 0. The van der Waals surface area contributed by atoms with E-state index in [4.69, 9.17) is 4.74 Å². The monoisotopic (exact) mass is 292 g/mol. The van der Waals surface area contributed by atoms with Crippen LogP contribution in [0.5, 0.6) is 0 Å². The van der Waals surface area contributed by atoms with Crippen LogP contribution in [0.15, 0.2) is 30.3 Å². The molecular formula is C17H24O4. The number of rotatable bonds is 9. The molecule has 4 nitrogen and oxygen atoms in total. The lowest BCUT2D eigenvalue weighted by molar-refractivity contribution is -0.159. The summed E-state index contributed by atoms with van der Waals surface area (Å²) < 4.78 is 5.32. The van der Waals surface area contributed by atoms with Gasteiger partial charge >= 0.3 is 11.9 Å². The van der Waals surface area contributed by atoms with Gasteiger partial charge in [0.05, 0.1) is 11.8 Å². The summed E-state index contributed by atoms with van der Waals surface area (Å²) in [5.74, 6) is -2.55. The molecule has 0 heterocycles. The van der Waals surface area contributed by atoms with Gasteiger partial charge < -0.3 is 9.84 Å². The fourth-order valence-corrected chi connectivity index (χ4v) is 2.37. The topological polar surface area (TPSA) is 63.6 Å². The summed E-state index contributed by atoms with van der Waals surface area (Å²) in [6.45, 7) is 4.01. The molecule has 4 heteroatoms. The third kappa shape index (κ3) is 5.58. The SMILES string of the molecule is CCCCC(C(=O)OCc1ccccc1)C(CC)C(=O)O. The molecule has 21 heavy (non-hydrogen) atoms. The summed E-state index contributed by atoms with van der Waals surface area (Å²) in [5, 5.41) is 9.27. The highest BCUT2D eigenvalue weighted by Gasteiger charge is 2.33. The van der Waals surface area contributed by atoms with Crippen molar-refractivity contribution in [2.45, 2.75) is 46.1 Å². The molecule has 0 spiro atoms. The van der Waals surface area contributed by atoms with Gasteiger partial charge in [-0.3, -0.25) is 9.59 Å². The molecule has 1 aromatic carbocycles. The van der Waals surface area contributed by atoms with E-state index < -0.39 is 23.8 Å². The van der Waals surface area contributed by atoms with Crippen molar-refractivity contribution in [1.29, 1.82) is 0 Å². The maximum atomic E-state index is 12.2. The van der Waals surface area contributed by atoms with Crippen molar-refractivity contribution in [3.05, 3.63) is 35.9 Å². The van der Waals surface area contributed by atoms with E-state index in [1.807, 2.05) is 37.3 Å². The molecule has 116 valence electrons. The number of unbranched alkanes of at least 4 members (excludes halogenated alkanes) is 1. The molecule has 1 rings (SSSR count). The van der Waals surface area contributed by atoms with Crippen LogP contribution in [-0.4, -0.2) is 17.0 Å². The lowest BCUT2D eigenvalue weighted by atomic mass is 9.86. The van der Waals surface area contributed by atoms with E-state index in [2.05, 4.69) is 0 Å². The molecule has 0 aliphatic heterocycles. The lowest BCUT2D eigenvalue weighted by Gasteiger charge is -2.21. The van der Waals surface area contributed by atoms with E-state index in [1.165, 1.54) is 0 Å². The summed E-state index contributed by atoms with van der Waals surface area (Å²) in [6, 6.07) is 9.41. The van der Waals surface area contributed by atoms with Gasteiger partial charge in [-0.15, -0.1) is 0 Å². The Morgan fingerprint density at radius 1 is 1.14 bits per heavy atom. The van der Waals surface area contributed by atoms with Crippen molar-refractivity contribution in [1.82, 2.24) is 0 Å². The molecule has 0 saturated carbocycles. The average molecular weight is 292 g/mol. The van der Waals surface area contributed by atoms with E-state index in [-0.39, 0.29) is 6.61 Å². The van der Waals surface area contributed by atoms with Crippen LogP contribution in [-0.2, 0) is 20.9 Å². The van der Waals surface area contributed by atoms with Crippen molar-refractivity contribution in [2.75, 3.05) is 0 Å². The van der Waals surface area contributed by atoms with Crippen molar-refractivity contribution in [3.63, 3.8) is 0 Å². The Bertz CT molecular complexity index is 441. The third-order valence-electron chi connectivity index (χ3n) is 3.64. The summed E-state index contributed by atoms with van der Waals surface area (Å²) in [6.07, 6.45) is 2.76. The van der Waals surface area contributed by atoms with Crippen LogP contribution in [0.4, 0.5) is 0 Å². The lowest BCUT2D eigenvalue weighted by Crippen LogP contribution is -2.31. The largest absolute Gasteiger partial charge is 0.481 e. The number of carboxylic acids is 1. The summed E-state index contributed by atoms with van der Waals surface area (Å²) >= 11 is 0. The van der Waals surface area contributed by atoms with Crippen LogP contribution in [0.2, 0.25) is 0 Å². The summed E-state index contributed by atoms with van der Waals surface area (Å²) in [5.41, 5.74) is 0.906. The number of carbonyl (C=O) groups is 2. The minimum Gasteiger partial charge on any atom is -0.481 e. The normalized spacial score (nSPS) is 13.4. The van der Waals surface area contributed by atoms with Crippen molar-refractivity contribution in [2.24, 2.45) is 11.8 Å². The van der Waals surface area contributed by atoms with Crippen LogP contribution >= 0.6 is 0 Å². The number of aliphatic carboxylic acids is 1. The number of carboxylic acid groups (broad SMARTS) is 1. The Balaban J connectivity index is 2.68. The minimum absolute atomic E-state index is 0.193. The third-order valence-corrected chi connectivity index (χ3v) is 3.64. The van der Waals surface area contributed by atoms with Gasteiger partial charge in [0, 0.05) is 0 Å². The van der Waals surface area contributed by atoms with E-state index >= 15 is 0 Å². The van der Waals surface area contributed by atoms with Gasteiger partial charge in [0.1, 0.15) is 6.61 Å². The van der Waals surface area contributed by atoms with Gasteiger partial charge in [-0.25, -0.2) is 0 Å². The number of hydrogen-bond donors (Lipinski definition) is 1. The zero-order valence-corrected chi connectivity index (χ0v) is 12.7. The second kappa shape index (κ2) is 9.16. The van der Waals surface area contributed by atoms with Gasteiger partial charge in [-0.1, -0.05) is 57.0 Å². The van der Waals surface area contributed by atoms with Crippen molar-refractivity contribution in [3.8, 4) is 0 Å². The Labute approximate surface area is 126 Å². The molecule has 2 unspecified atom stereocenters. The standard InChI is InChI=1S/C17H24O4/c1-3-5-11-15(14(4-2)16(18)19)17(20)21-12-13-9-7-6-8-10-13/h6-10,14-15H,3-5,11-12H2,1-2H3,(H,18,19). The highest BCUT2D eigenvalue weighted by molar-refractivity contribution is 5.81. The first kappa shape index (κ1) is 17.2. The number of esters is 1. The van der Waals surface area contributed by atoms with Crippen molar-refractivity contribution >= 4 is 11.9 Å². The number of hydrogen-bond acceptors (Lipinski definition) is 3. The molecular weight excluding hydrogens is 268 g/mol. The van der Waals surface area contributed by atoms with E-state index in [9.17, 15) is 14.7 Å². The maximum absolute atomic E-state index is 12.2. The Hall–Kier alpha value is -1.84. The van der Waals surface area contributed by atoms with Gasteiger partial charge in [0.25, 0.3) is 0 Å². The quantitative estimate of drug-likeness (QED) is 0.706. The molecule has 1 N–H and O–H groups in total. The molecule has 0 aliphatic carbocycles. The molecule has 1 aromatic rings. The maximum Gasteiger partial charge on any atom is 0.310 e. The number of ether oxygens (including phenoxy) is 1. The molecule has 0 amide bonds. The average Bonchev–Trinajstić information content (AvgIpc) is 2.49. The highest BCUT2D eigenvalue weighted by atomic mass is 16.5. The Morgan fingerprint density at radius 2 is 1.81 bits per heavy atom. The van der Waals surface area contributed by atoms with Gasteiger partial charge in [-0.2, -0.15) is 0 Å². The molecule has 0 fully saturated rings. The zero-order valence-electron chi connectivity index (χ0n) is 12.7. The van der Waals surface area contributed by atoms with Gasteiger partial charge in [0.15, 0.2) is 0 Å². The summed E-state index contributed by atoms with van der Waals surface area (Å²) in [4.78, 5) is 23.5. The molecule has 0 aliphatic rings. The van der Waals surface area contributed by atoms with E-state index in [1.54, 1.807) is 6.92 Å². The molecule has 2 atom stereocenters. The molecule has 0 aromatic heterocycles. The first-order chi connectivity index (χ1) is 10.1. The fourth-order valence-electron chi connectivity index (χ4n) is 2.37. The second-order valence-corrected chi connectivity index (χ2v) is 5.20. The predicted octanol–water partition coefficient (Wildman–Crippen LogP) is 3.65. The Morgan fingerprint density at radius 3 is 2.33 bits per heavy atom. The minimum atomic E-state index is -0.921. The van der Waals surface area contributed by atoms with Crippen molar-refractivity contribution < 1.29 is 19.4 Å². The fraction of sp³-hybridized carbons (Fsp3) is 0.529.